The van der Waals surface area contributed by atoms with Crippen LogP contribution in [0, 0.1) is 5.92 Å². The number of likely N-dealkylation sites (tertiary alicyclic amines) is 1. The van der Waals surface area contributed by atoms with Crippen LogP contribution in [0.2, 0.25) is 0 Å². The zero-order valence-corrected chi connectivity index (χ0v) is 11.5. The Hall–Kier alpha value is -1.88. The molecule has 5 heteroatoms. The van der Waals surface area contributed by atoms with Crippen LogP contribution >= 0.6 is 0 Å². The standard InChI is InChI=1S/C15H20N2O3/c1-10-9-12(15(19)20)7-8-17(10)14(18)13(16)11-5-3-2-4-6-11/h2-6,10,12-13H,7-9,16H2,1H3,(H,19,20). The third kappa shape index (κ3) is 2.99. The predicted octanol–water partition coefficient (Wildman–Crippen LogP) is 1.40. The summed E-state index contributed by atoms with van der Waals surface area (Å²) in [7, 11) is 0. The van der Waals surface area contributed by atoms with Crippen molar-refractivity contribution in [2.45, 2.75) is 31.8 Å². The van der Waals surface area contributed by atoms with E-state index in [9.17, 15) is 9.59 Å². The van der Waals surface area contributed by atoms with Crippen molar-refractivity contribution in [2.24, 2.45) is 11.7 Å². The Morgan fingerprint density at radius 1 is 1.35 bits per heavy atom. The van der Waals surface area contributed by atoms with Gasteiger partial charge in [-0.15, -0.1) is 0 Å². The number of aliphatic carboxylic acids is 1. The number of nitrogens with zero attached hydrogens (tertiary/aromatic N) is 1. The molecule has 1 aromatic carbocycles. The van der Waals surface area contributed by atoms with Crippen LogP contribution in [0.3, 0.4) is 0 Å². The maximum atomic E-state index is 12.4. The summed E-state index contributed by atoms with van der Waals surface area (Å²) in [6.45, 7) is 2.34. The average Bonchev–Trinajstić information content (AvgIpc) is 2.46. The van der Waals surface area contributed by atoms with E-state index in [0.717, 1.165) is 5.56 Å². The van der Waals surface area contributed by atoms with Crippen molar-refractivity contribution in [1.29, 1.82) is 0 Å². The summed E-state index contributed by atoms with van der Waals surface area (Å²) < 4.78 is 0. The lowest BCUT2D eigenvalue weighted by atomic mass is 9.91. The van der Waals surface area contributed by atoms with Crippen LogP contribution in [0.25, 0.3) is 0 Å². The summed E-state index contributed by atoms with van der Waals surface area (Å²) in [5.41, 5.74) is 6.80. The molecule has 0 radical (unpaired) electrons. The predicted molar refractivity (Wildman–Crippen MR) is 74.9 cm³/mol. The van der Waals surface area contributed by atoms with Crippen LogP contribution in [0.1, 0.15) is 31.4 Å². The first-order chi connectivity index (χ1) is 9.50. The van der Waals surface area contributed by atoms with Gasteiger partial charge in [0, 0.05) is 12.6 Å². The number of carboxylic acid groups (broad SMARTS) is 1. The van der Waals surface area contributed by atoms with Crippen LogP contribution in [0.5, 0.6) is 0 Å². The van der Waals surface area contributed by atoms with E-state index in [-0.39, 0.29) is 17.9 Å². The quantitative estimate of drug-likeness (QED) is 0.874. The van der Waals surface area contributed by atoms with Crippen molar-refractivity contribution in [3.63, 3.8) is 0 Å². The minimum atomic E-state index is -0.781. The second-order valence-corrected chi connectivity index (χ2v) is 5.33. The SMILES string of the molecule is CC1CC(C(=O)O)CCN1C(=O)C(N)c1ccccc1. The Balaban J connectivity index is 2.05. The van der Waals surface area contributed by atoms with Crippen molar-refractivity contribution in [2.75, 3.05) is 6.54 Å². The maximum absolute atomic E-state index is 12.4. The second-order valence-electron chi connectivity index (χ2n) is 5.33. The van der Waals surface area contributed by atoms with E-state index in [1.165, 1.54) is 0 Å². The highest BCUT2D eigenvalue weighted by Crippen LogP contribution is 2.25. The zero-order valence-electron chi connectivity index (χ0n) is 11.5. The van der Waals surface area contributed by atoms with Crippen LogP contribution in [-0.2, 0) is 9.59 Å². The number of nitrogens with two attached hydrogens (primary N) is 1. The van der Waals surface area contributed by atoms with Gasteiger partial charge >= 0.3 is 5.97 Å². The Labute approximate surface area is 118 Å². The van der Waals surface area contributed by atoms with Gasteiger partial charge in [-0.1, -0.05) is 30.3 Å². The van der Waals surface area contributed by atoms with Gasteiger partial charge in [0.25, 0.3) is 0 Å². The fraction of sp³-hybridized carbons (Fsp3) is 0.467. The summed E-state index contributed by atoms with van der Waals surface area (Å²) in [4.78, 5) is 25.1. The third-order valence-corrected chi connectivity index (χ3v) is 3.93. The van der Waals surface area contributed by atoms with Crippen molar-refractivity contribution >= 4 is 11.9 Å². The molecule has 1 heterocycles. The topological polar surface area (TPSA) is 83.6 Å². The number of carboxylic acids is 1. The first-order valence-corrected chi connectivity index (χ1v) is 6.84. The van der Waals surface area contributed by atoms with Crippen LogP contribution in [-0.4, -0.2) is 34.5 Å². The highest BCUT2D eigenvalue weighted by atomic mass is 16.4. The van der Waals surface area contributed by atoms with Gasteiger partial charge in [0.05, 0.1) is 5.92 Å². The molecule has 0 bridgehead atoms. The van der Waals surface area contributed by atoms with Crippen molar-refractivity contribution in [1.82, 2.24) is 4.90 Å². The van der Waals surface area contributed by atoms with Crippen LogP contribution in [0.15, 0.2) is 30.3 Å². The highest BCUT2D eigenvalue weighted by Gasteiger charge is 2.34. The van der Waals surface area contributed by atoms with E-state index in [2.05, 4.69) is 0 Å². The molecule has 0 saturated carbocycles. The van der Waals surface area contributed by atoms with Gasteiger partial charge in [-0.2, -0.15) is 0 Å². The molecule has 0 spiro atoms. The first-order valence-electron chi connectivity index (χ1n) is 6.84. The summed E-state index contributed by atoms with van der Waals surface area (Å²) in [6, 6.07) is 8.47. The Bertz CT molecular complexity index is 489. The molecular formula is C15H20N2O3. The maximum Gasteiger partial charge on any atom is 0.306 e. The fourth-order valence-electron chi connectivity index (χ4n) is 2.71. The van der Waals surface area contributed by atoms with Gasteiger partial charge in [0.1, 0.15) is 6.04 Å². The average molecular weight is 276 g/mol. The molecule has 1 aliphatic heterocycles. The summed E-state index contributed by atoms with van der Waals surface area (Å²) >= 11 is 0. The van der Waals surface area contributed by atoms with E-state index in [1.807, 2.05) is 37.3 Å². The monoisotopic (exact) mass is 276 g/mol. The second kappa shape index (κ2) is 6.05. The number of rotatable bonds is 3. The first kappa shape index (κ1) is 14.5. The van der Waals surface area contributed by atoms with Crippen molar-refractivity contribution < 1.29 is 14.7 Å². The fourth-order valence-corrected chi connectivity index (χ4v) is 2.71. The summed E-state index contributed by atoms with van der Waals surface area (Å²) in [5, 5.41) is 9.04. The van der Waals surface area contributed by atoms with Gasteiger partial charge in [-0.25, -0.2) is 0 Å². The van der Waals surface area contributed by atoms with E-state index in [1.54, 1.807) is 4.90 Å². The number of hydrogen-bond donors (Lipinski definition) is 2. The molecule has 5 nitrogen and oxygen atoms in total. The van der Waals surface area contributed by atoms with Gasteiger partial charge in [0.2, 0.25) is 5.91 Å². The molecule has 20 heavy (non-hydrogen) atoms. The molecule has 108 valence electrons. The molecule has 2 rings (SSSR count). The lowest BCUT2D eigenvalue weighted by Gasteiger charge is -2.37. The number of piperidine rings is 1. The molecule has 3 unspecified atom stereocenters. The molecule has 1 aromatic rings. The summed E-state index contributed by atoms with van der Waals surface area (Å²) in [6.07, 6.45) is 0.982. The van der Waals surface area contributed by atoms with Crippen LogP contribution < -0.4 is 5.73 Å². The number of amides is 1. The Morgan fingerprint density at radius 2 is 2.00 bits per heavy atom. The zero-order chi connectivity index (χ0) is 14.7. The smallest absolute Gasteiger partial charge is 0.306 e. The number of hydrogen-bond acceptors (Lipinski definition) is 3. The number of benzene rings is 1. The lowest BCUT2D eigenvalue weighted by molar-refractivity contribution is -0.147. The lowest BCUT2D eigenvalue weighted by Crippen LogP contribution is -2.49. The highest BCUT2D eigenvalue weighted by molar-refractivity contribution is 5.83. The minimum Gasteiger partial charge on any atom is -0.481 e. The van der Waals surface area contributed by atoms with Gasteiger partial charge in [-0.3, -0.25) is 9.59 Å². The van der Waals surface area contributed by atoms with E-state index in [4.69, 9.17) is 10.8 Å². The van der Waals surface area contributed by atoms with Gasteiger partial charge in [-0.05, 0) is 25.3 Å². The molecule has 1 fully saturated rings. The van der Waals surface area contributed by atoms with Gasteiger partial charge in [0.15, 0.2) is 0 Å². The molecule has 1 saturated heterocycles. The molecule has 0 aliphatic carbocycles. The number of carbonyl (C=O) groups excluding carboxylic acids is 1. The van der Waals surface area contributed by atoms with E-state index in [0.29, 0.717) is 19.4 Å². The van der Waals surface area contributed by atoms with Gasteiger partial charge < -0.3 is 15.7 Å². The van der Waals surface area contributed by atoms with Crippen molar-refractivity contribution in [3.8, 4) is 0 Å². The van der Waals surface area contributed by atoms with Crippen LogP contribution in [0.4, 0.5) is 0 Å². The molecular weight excluding hydrogens is 256 g/mol. The molecule has 3 N–H and O–H groups in total. The minimum absolute atomic E-state index is 0.0906. The molecule has 1 aliphatic rings. The number of carbonyl (C=O) groups is 2. The Morgan fingerprint density at radius 3 is 2.55 bits per heavy atom. The van der Waals surface area contributed by atoms with Crippen molar-refractivity contribution in [3.05, 3.63) is 35.9 Å². The third-order valence-electron chi connectivity index (χ3n) is 3.93. The van der Waals surface area contributed by atoms with E-state index < -0.39 is 12.0 Å². The largest absolute Gasteiger partial charge is 0.481 e. The Kier molecular flexibility index (Phi) is 4.39. The molecule has 3 atom stereocenters. The summed E-state index contributed by atoms with van der Waals surface area (Å²) in [5.74, 6) is -1.27. The normalized spacial score (nSPS) is 24.2. The molecule has 1 amide bonds. The van der Waals surface area contributed by atoms with E-state index >= 15 is 0 Å². The molecule has 0 aromatic heterocycles.